The van der Waals surface area contributed by atoms with Crippen molar-refractivity contribution in [3.63, 3.8) is 0 Å². The third kappa shape index (κ3) is 15.8. The van der Waals surface area contributed by atoms with Gasteiger partial charge in [-0.15, -0.1) is 0 Å². The number of benzene rings is 1. The van der Waals surface area contributed by atoms with Crippen LogP contribution < -0.4 is 10.6 Å². The molecule has 1 aromatic carbocycles. The van der Waals surface area contributed by atoms with E-state index in [1.807, 2.05) is 0 Å². The van der Waals surface area contributed by atoms with Crippen molar-refractivity contribution in [2.24, 2.45) is 0 Å². The fourth-order valence-corrected chi connectivity index (χ4v) is 3.63. The van der Waals surface area contributed by atoms with Crippen LogP contribution in [0.4, 0.5) is 10.5 Å². The van der Waals surface area contributed by atoms with E-state index in [2.05, 4.69) is 17.6 Å². The van der Waals surface area contributed by atoms with E-state index in [9.17, 15) is 9.90 Å². The highest BCUT2D eigenvalue weighted by atomic mass is 16.3. The molecule has 0 aliphatic heterocycles. The summed E-state index contributed by atoms with van der Waals surface area (Å²) in [5.74, 6) is 0.153. The maximum atomic E-state index is 11.8. The average molecular weight is 405 g/mol. The lowest BCUT2D eigenvalue weighted by Gasteiger charge is -2.08. The average Bonchev–Trinajstić information content (AvgIpc) is 2.70. The Balaban J connectivity index is 1.78. The van der Waals surface area contributed by atoms with Crippen molar-refractivity contribution in [3.8, 4) is 5.75 Å². The number of rotatable bonds is 18. The predicted molar refractivity (Wildman–Crippen MR) is 125 cm³/mol. The number of aromatic hydroxyl groups is 1. The summed E-state index contributed by atoms with van der Waals surface area (Å²) in [6.07, 6.45) is 21.6. The van der Waals surface area contributed by atoms with Gasteiger partial charge < -0.3 is 15.7 Å². The number of unbranched alkanes of at least 4 members (excludes halogenated alkanes) is 15. The summed E-state index contributed by atoms with van der Waals surface area (Å²) in [5, 5.41) is 15.0. The molecule has 0 fully saturated rings. The molecule has 4 heteroatoms. The second-order valence-corrected chi connectivity index (χ2v) is 8.23. The summed E-state index contributed by atoms with van der Waals surface area (Å²) in [5.41, 5.74) is 0.606. The number of hydrogen-bond acceptors (Lipinski definition) is 2. The molecular formula is C25H44N2O2. The standard InChI is InChI=1S/C25H44N2O2/c1-2-3-4-5-6-7-8-9-10-11-12-13-14-15-16-17-21-26-25(29)27-23-19-18-20-24(28)22-23/h18-20,22,28H,2-17,21H2,1H3,(H2,26,27,29). The molecule has 0 spiro atoms. The molecular weight excluding hydrogens is 360 g/mol. The molecule has 0 aliphatic rings. The van der Waals surface area contributed by atoms with Crippen molar-refractivity contribution < 1.29 is 9.90 Å². The largest absolute Gasteiger partial charge is 0.508 e. The van der Waals surface area contributed by atoms with Crippen LogP contribution in [0.25, 0.3) is 0 Å². The molecule has 0 heterocycles. The molecule has 1 aromatic rings. The fraction of sp³-hybridized carbons (Fsp3) is 0.720. The smallest absolute Gasteiger partial charge is 0.319 e. The Bertz CT molecular complexity index is 519. The van der Waals surface area contributed by atoms with Crippen LogP contribution in [0.2, 0.25) is 0 Å². The van der Waals surface area contributed by atoms with Crippen molar-refractivity contribution in [1.29, 1.82) is 0 Å². The molecule has 1 rings (SSSR count). The summed E-state index contributed by atoms with van der Waals surface area (Å²) in [7, 11) is 0. The normalized spacial score (nSPS) is 10.8. The first-order chi connectivity index (χ1) is 14.2. The molecule has 4 nitrogen and oxygen atoms in total. The lowest BCUT2D eigenvalue weighted by Crippen LogP contribution is -2.29. The number of amides is 2. The quantitative estimate of drug-likeness (QED) is 0.219. The highest BCUT2D eigenvalue weighted by molar-refractivity contribution is 5.89. The molecule has 0 atom stereocenters. The van der Waals surface area contributed by atoms with Gasteiger partial charge >= 0.3 is 6.03 Å². The number of phenolic OH excluding ortho intramolecular Hbond substituents is 1. The Hall–Kier alpha value is -1.71. The first-order valence-electron chi connectivity index (χ1n) is 12.1. The van der Waals surface area contributed by atoms with Gasteiger partial charge in [0.15, 0.2) is 0 Å². The lowest BCUT2D eigenvalue weighted by molar-refractivity contribution is 0.252. The highest BCUT2D eigenvalue weighted by Crippen LogP contribution is 2.15. The Morgan fingerprint density at radius 1 is 0.759 bits per heavy atom. The Morgan fingerprint density at radius 3 is 1.72 bits per heavy atom. The topological polar surface area (TPSA) is 61.4 Å². The minimum Gasteiger partial charge on any atom is -0.508 e. The number of anilines is 1. The summed E-state index contributed by atoms with van der Waals surface area (Å²) >= 11 is 0. The van der Waals surface area contributed by atoms with E-state index in [0.717, 1.165) is 6.42 Å². The van der Waals surface area contributed by atoms with Gasteiger partial charge in [-0.1, -0.05) is 109 Å². The molecule has 166 valence electrons. The molecule has 0 aliphatic carbocycles. The Morgan fingerprint density at radius 2 is 1.24 bits per heavy atom. The third-order valence-electron chi connectivity index (χ3n) is 5.42. The molecule has 0 saturated carbocycles. The van der Waals surface area contributed by atoms with Crippen LogP contribution in [0.3, 0.4) is 0 Å². The SMILES string of the molecule is CCCCCCCCCCCCCCCCCCNC(=O)Nc1cccc(O)c1. The van der Waals surface area contributed by atoms with Crippen molar-refractivity contribution >= 4 is 11.7 Å². The molecule has 29 heavy (non-hydrogen) atoms. The number of nitrogens with one attached hydrogen (secondary N) is 2. The van der Waals surface area contributed by atoms with E-state index >= 15 is 0 Å². The minimum absolute atomic E-state index is 0.153. The fourth-order valence-electron chi connectivity index (χ4n) is 3.63. The van der Waals surface area contributed by atoms with E-state index in [-0.39, 0.29) is 11.8 Å². The molecule has 0 unspecified atom stereocenters. The summed E-state index contributed by atoms with van der Waals surface area (Å²) in [6, 6.07) is 6.37. The zero-order chi connectivity index (χ0) is 21.0. The van der Waals surface area contributed by atoms with Gasteiger partial charge in [-0.25, -0.2) is 4.79 Å². The van der Waals surface area contributed by atoms with E-state index in [1.165, 1.54) is 102 Å². The van der Waals surface area contributed by atoms with Gasteiger partial charge in [-0.05, 0) is 18.6 Å². The third-order valence-corrected chi connectivity index (χ3v) is 5.42. The lowest BCUT2D eigenvalue weighted by atomic mass is 10.0. The molecule has 0 bridgehead atoms. The highest BCUT2D eigenvalue weighted by Gasteiger charge is 2.01. The zero-order valence-electron chi connectivity index (χ0n) is 18.7. The van der Waals surface area contributed by atoms with Crippen LogP contribution in [0.5, 0.6) is 5.75 Å². The van der Waals surface area contributed by atoms with Crippen molar-refractivity contribution in [3.05, 3.63) is 24.3 Å². The maximum Gasteiger partial charge on any atom is 0.319 e. The van der Waals surface area contributed by atoms with E-state index in [1.54, 1.807) is 18.2 Å². The second-order valence-electron chi connectivity index (χ2n) is 8.23. The monoisotopic (exact) mass is 404 g/mol. The molecule has 0 radical (unpaired) electrons. The number of urea groups is 1. The van der Waals surface area contributed by atoms with Crippen molar-refractivity contribution in [2.45, 2.75) is 110 Å². The van der Waals surface area contributed by atoms with Gasteiger partial charge in [0.1, 0.15) is 5.75 Å². The Labute approximate surface area is 178 Å². The summed E-state index contributed by atoms with van der Waals surface area (Å²) < 4.78 is 0. The van der Waals surface area contributed by atoms with Gasteiger partial charge in [0, 0.05) is 18.3 Å². The van der Waals surface area contributed by atoms with Crippen LogP contribution in [-0.4, -0.2) is 17.7 Å². The van der Waals surface area contributed by atoms with Gasteiger partial charge in [-0.2, -0.15) is 0 Å². The number of carbonyl (C=O) groups excluding carboxylic acids is 1. The van der Waals surface area contributed by atoms with Crippen LogP contribution in [-0.2, 0) is 0 Å². The summed E-state index contributed by atoms with van der Waals surface area (Å²) in [6.45, 7) is 2.97. The molecule has 0 aromatic heterocycles. The zero-order valence-corrected chi connectivity index (χ0v) is 18.7. The Kier molecular flexibility index (Phi) is 16.0. The molecule has 3 N–H and O–H groups in total. The first kappa shape index (κ1) is 25.3. The van der Waals surface area contributed by atoms with E-state index < -0.39 is 0 Å². The second kappa shape index (κ2) is 18.3. The molecule has 2 amide bonds. The van der Waals surface area contributed by atoms with Crippen LogP contribution in [0, 0.1) is 0 Å². The van der Waals surface area contributed by atoms with Gasteiger partial charge in [0.2, 0.25) is 0 Å². The molecule has 0 saturated heterocycles. The number of hydrogen-bond donors (Lipinski definition) is 3. The van der Waals surface area contributed by atoms with Gasteiger partial charge in [-0.3, -0.25) is 0 Å². The summed E-state index contributed by atoms with van der Waals surface area (Å²) in [4.78, 5) is 11.8. The number of carbonyl (C=O) groups is 1. The maximum absolute atomic E-state index is 11.8. The van der Waals surface area contributed by atoms with E-state index in [0.29, 0.717) is 12.2 Å². The van der Waals surface area contributed by atoms with Gasteiger partial charge in [0.25, 0.3) is 0 Å². The van der Waals surface area contributed by atoms with E-state index in [4.69, 9.17) is 0 Å². The van der Waals surface area contributed by atoms with Crippen LogP contribution in [0.1, 0.15) is 110 Å². The minimum atomic E-state index is -0.212. The van der Waals surface area contributed by atoms with Crippen LogP contribution >= 0.6 is 0 Å². The van der Waals surface area contributed by atoms with Gasteiger partial charge in [0.05, 0.1) is 0 Å². The van der Waals surface area contributed by atoms with Crippen molar-refractivity contribution in [1.82, 2.24) is 5.32 Å². The van der Waals surface area contributed by atoms with Crippen LogP contribution in [0.15, 0.2) is 24.3 Å². The van der Waals surface area contributed by atoms with Crippen molar-refractivity contribution in [2.75, 3.05) is 11.9 Å². The predicted octanol–water partition coefficient (Wildman–Crippen LogP) is 7.78. The number of phenols is 1. The first-order valence-corrected chi connectivity index (χ1v) is 12.1.